The van der Waals surface area contributed by atoms with Gasteiger partial charge in [0, 0.05) is 6.07 Å². The van der Waals surface area contributed by atoms with Gasteiger partial charge in [0.1, 0.15) is 5.56 Å². The van der Waals surface area contributed by atoms with E-state index in [4.69, 9.17) is 0 Å². The second-order valence-corrected chi connectivity index (χ2v) is 3.24. The van der Waals surface area contributed by atoms with Crippen molar-refractivity contribution in [3.8, 4) is 11.5 Å². The predicted octanol–water partition coefficient (Wildman–Crippen LogP) is 1.70. The normalized spacial score (nSPS) is 15.3. The van der Waals surface area contributed by atoms with Crippen molar-refractivity contribution in [1.29, 1.82) is 0 Å². The molecule has 0 bridgehead atoms. The molecule has 9 heteroatoms. The van der Waals surface area contributed by atoms with Crippen LogP contribution in [0.1, 0.15) is 10.4 Å². The quantitative estimate of drug-likeness (QED) is 0.457. The summed E-state index contributed by atoms with van der Waals surface area (Å²) >= 11 is 0. The molecule has 2 rings (SSSR count). The van der Waals surface area contributed by atoms with Crippen LogP contribution in [-0.4, -0.2) is 24.3 Å². The number of alkyl halides is 2. The summed E-state index contributed by atoms with van der Waals surface area (Å²) in [5.41, 5.74) is -1.09. The number of non-ortho nitro benzene ring substituents is 1. The van der Waals surface area contributed by atoms with Gasteiger partial charge < -0.3 is 14.2 Å². The SMILES string of the molecule is COC(=O)c1cc([N+](=O)[O-])cc2c1OC(F)(F)O2. The van der Waals surface area contributed by atoms with Gasteiger partial charge in [-0.2, -0.15) is 0 Å². The minimum absolute atomic E-state index is 0.501. The Labute approximate surface area is 98.0 Å². The van der Waals surface area contributed by atoms with E-state index < -0.39 is 39.9 Å². The number of ether oxygens (including phenoxy) is 3. The van der Waals surface area contributed by atoms with Gasteiger partial charge in [-0.25, -0.2) is 4.79 Å². The molecule has 0 amide bonds. The van der Waals surface area contributed by atoms with Crippen LogP contribution < -0.4 is 9.47 Å². The number of hydrogen-bond donors (Lipinski definition) is 0. The molecule has 1 heterocycles. The number of nitrogens with zero attached hydrogens (tertiary/aromatic N) is 1. The molecule has 0 saturated heterocycles. The van der Waals surface area contributed by atoms with Crippen LogP contribution in [0.15, 0.2) is 12.1 Å². The maximum Gasteiger partial charge on any atom is 0.586 e. The maximum atomic E-state index is 12.9. The number of carbonyl (C=O) groups is 1. The second kappa shape index (κ2) is 3.79. The smallest absolute Gasteiger partial charge is 0.465 e. The molecule has 1 aromatic carbocycles. The highest BCUT2D eigenvalue weighted by Crippen LogP contribution is 2.45. The lowest BCUT2D eigenvalue weighted by Crippen LogP contribution is -2.26. The topological polar surface area (TPSA) is 87.9 Å². The fraction of sp³-hybridized carbons (Fsp3) is 0.222. The first-order valence-corrected chi connectivity index (χ1v) is 4.50. The van der Waals surface area contributed by atoms with Crippen molar-refractivity contribution in [3.05, 3.63) is 27.8 Å². The Morgan fingerprint density at radius 2 is 2.11 bits per heavy atom. The van der Waals surface area contributed by atoms with Crippen molar-refractivity contribution in [2.45, 2.75) is 6.29 Å². The third kappa shape index (κ3) is 1.90. The summed E-state index contributed by atoms with van der Waals surface area (Å²) in [5.74, 6) is -2.22. The first-order valence-electron chi connectivity index (χ1n) is 4.50. The number of nitro benzene ring substituents is 1. The van der Waals surface area contributed by atoms with Crippen LogP contribution in [0.2, 0.25) is 0 Å². The highest BCUT2D eigenvalue weighted by molar-refractivity contribution is 5.94. The molecule has 1 aliphatic heterocycles. The average Bonchev–Trinajstić information content (AvgIpc) is 2.60. The molecule has 0 N–H and O–H groups in total. The summed E-state index contributed by atoms with van der Waals surface area (Å²) in [6.07, 6.45) is -3.97. The number of hydrogen-bond acceptors (Lipinski definition) is 6. The van der Waals surface area contributed by atoms with E-state index in [0.717, 1.165) is 19.2 Å². The van der Waals surface area contributed by atoms with Crippen molar-refractivity contribution in [3.63, 3.8) is 0 Å². The third-order valence-corrected chi connectivity index (χ3v) is 2.11. The number of rotatable bonds is 2. The van der Waals surface area contributed by atoms with Crippen LogP contribution in [0.3, 0.4) is 0 Å². The zero-order chi connectivity index (χ0) is 13.5. The molecule has 0 radical (unpaired) electrons. The van der Waals surface area contributed by atoms with E-state index in [1.165, 1.54) is 0 Å². The molecule has 0 aliphatic carbocycles. The van der Waals surface area contributed by atoms with Crippen LogP contribution in [0.4, 0.5) is 14.5 Å². The summed E-state index contributed by atoms with van der Waals surface area (Å²) in [5, 5.41) is 10.6. The lowest BCUT2D eigenvalue weighted by atomic mass is 10.1. The zero-order valence-electron chi connectivity index (χ0n) is 8.81. The largest absolute Gasteiger partial charge is 0.586 e. The summed E-state index contributed by atoms with van der Waals surface area (Å²) in [6, 6.07) is 1.51. The standard InChI is InChI=1S/C9H5F2NO6/c1-16-8(13)5-2-4(12(14)15)3-6-7(5)18-9(10,11)17-6/h2-3H,1H3. The van der Waals surface area contributed by atoms with Crippen LogP contribution in [-0.2, 0) is 4.74 Å². The van der Waals surface area contributed by atoms with E-state index >= 15 is 0 Å². The van der Waals surface area contributed by atoms with Crippen LogP contribution in [0, 0.1) is 10.1 Å². The van der Waals surface area contributed by atoms with Gasteiger partial charge in [0.2, 0.25) is 0 Å². The molecule has 0 saturated carbocycles. The Kier molecular flexibility index (Phi) is 2.53. The first kappa shape index (κ1) is 12.0. The van der Waals surface area contributed by atoms with Crippen molar-refractivity contribution in [2.75, 3.05) is 7.11 Å². The predicted molar refractivity (Wildman–Crippen MR) is 50.6 cm³/mol. The van der Waals surface area contributed by atoms with Crippen LogP contribution in [0.5, 0.6) is 11.5 Å². The second-order valence-electron chi connectivity index (χ2n) is 3.24. The van der Waals surface area contributed by atoms with Gasteiger partial charge in [0.15, 0.2) is 11.5 Å². The Morgan fingerprint density at radius 1 is 1.44 bits per heavy atom. The Hall–Kier alpha value is -2.45. The van der Waals surface area contributed by atoms with Crippen LogP contribution in [0.25, 0.3) is 0 Å². The highest BCUT2D eigenvalue weighted by Gasteiger charge is 2.46. The van der Waals surface area contributed by atoms with Gasteiger partial charge in [0.05, 0.1) is 18.1 Å². The fourth-order valence-corrected chi connectivity index (χ4v) is 1.40. The lowest BCUT2D eigenvalue weighted by Gasteiger charge is -2.05. The monoisotopic (exact) mass is 261 g/mol. The van der Waals surface area contributed by atoms with E-state index in [-0.39, 0.29) is 0 Å². The first-order chi connectivity index (χ1) is 8.34. The zero-order valence-corrected chi connectivity index (χ0v) is 8.81. The van der Waals surface area contributed by atoms with E-state index in [2.05, 4.69) is 14.2 Å². The van der Waals surface area contributed by atoms with Crippen molar-refractivity contribution in [2.24, 2.45) is 0 Å². The van der Waals surface area contributed by atoms with Gasteiger partial charge in [-0.1, -0.05) is 0 Å². The fourth-order valence-electron chi connectivity index (χ4n) is 1.40. The molecule has 0 fully saturated rings. The van der Waals surface area contributed by atoms with Crippen molar-refractivity contribution in [1.82, 2.24) is 0 Å². The summed E-state index contributed by atoms with van der Waals surface area (Å²) in [4.78, 5) is 21.1. The lowest BCUT2D eigenvalue weighted by molar-refractivity contribution is -0.385. The number of nitro groups is 1. The number of benzene rings is 1. The van der Waals surface area contributed by atoms with E-state index in [9.17, 15) is 23.7 Å². The third-order valence-electron chi connectivity index (χ3n) is 2.11. The molecule has 96 valence electrons. The van der Waals surface area contributed by atoms with Gasteiger partial charge >= 0.3 is 12.3 Å². The molecule has 0 atom stereocenters. The molecule has 0 aromatic heterocycles. The van der Waals surface area contributed by atoms with Crippen LogP contribution >= 0.6 is 0 Å². The molecule has 18 heavy (non-hydrogen) atoms. The molecular formula is C9H5F2NO6. The van der Waals surface area contributed by atoms with E-state index in [1.807, 2.05) is 0 Å². The number of esters is 1. The highest BCUT2D eigenvalue weighted by atomic mass is 19.3. The van der Waals surface area contributed by atoms with Gasteiger partial charge in [-0.3, -0.25) is 10.1 Å². The number of methoxy groups -OCH3 is 1. The van der Waals surface area contributed by atoms with E-state index in [1.54, 1.807) is 0 Å². The van der Waals surface area contributed by atoms with Crippen molar-refractivity contribution >= 4 is 11.7 Å². The van der Waals surface area contributed by atoms with Gasteiger partial charge in [-0.15, -0.1) is 8.78 Å². The minimum atomic E-state index is -3.97. The summed E-state index contributed by atoms with van der Waals surface area (Å²) in [7, 11) is 1.00. The van der Waals surface area contributed by atoms with Gasteiger partial charge in [-0.05, 0) is 0 Å². The van der Waals surface area contributed by atoms with Crippen molar-refractivity contribution < 1.29 is 32.7 Å². The minimum Gasteiger partial charge on any atom is -0.465 e. The summed E-state index contributed by atoms with van der Waals surface area (Å²) < 4.78 is 38.2. The Bertz CT molecular complexity index is 544. The maximum absolute atomic E-state index is 12.9. The number of carbonyl (C=O) groups excluding carboxylic acids is 1. The number of fused-ring (bicyclic) bond motifs is 1. The van der Waals surface area contributed by atoms with E-state index in [0.29, 0.717) is 0 Å². The Balaban J connectivity index is 2.59. The molecule has 0 spiro atoms. The van der Waals surface area contributed by atoms with Gasteiger partial charge in [0.25, 0.3) is 5.69 Å². The summed E-state index contributed by atoms with van der Waals surface area (Å²) in [6.45, 7) is 0. The molecule has 7 nitrogen and oxygen atoms in total. The molecule has 0 unspecified atom stereocenters. The Morgan fingerprint density at radius 3 is 2.67 bits per heavy atom. The number of halogens is 2. The molecule has 1 aliphatic rings. The molecular weight excluding hydrogens is 256 g/mol. The molecule has 1 aromatic rings. The average molecular weight is 261 g/mol.